The second-order valence-electron chi connectivity index (χ2n) is 7.29. The Bertz CT molecular complexity index is 811. The Kier molecular flexibility index (Phi) is 4.45. The van der Waals surface area contributed by atoms with Crippen LogP contribution in [0.5, 0.6) is 0 Å². The summed E-state index contributed by atoms with van der Waals surface area (Å²) in [5.41, 5.74) is 1.67. The first-order chi connectivity index (χ1) is 10.9. The van der Waals surface area contributed by atoms with Crippen molar-refractivity contribution in [3.63, 3.8) is 0 Å². The minimum atomic E-state index is 0.103. The van der Waals surface area contributed by atoms with E-state index in [9.17, 15) is 4.79 Å². The summed E-state index contributed by atoms with van der Waals surface area (Å²) in [6.45, 7) is 11.2. The van der Waals surface area contributed by atoms with E-state index < -0.39 is 0 Å². The highest BCUT2D eigenvalue weighted by Crippen LogP contribution is 2.42. The monoisotopic (exact) mass is 348 g/mol. The average molecular weight is 349 g/mol. The zero-order chi connectivity index (χ0) is 16.8. The van der Waals surface area contributed by atoms with Crippen molar-refractivity contribution in [3.05, 3.63) is 33.4 Å². The molecular weight excluding hydrogens is 324 g/mol. The third-order valence-corrected chi connectivity index (χ3v) is 6.68. The Hall–Kier alpha value is -1.07. The maximum atomic E-state index is 13.0. The van der Waals surface area contributed by atoms with Crippen molar-refractivity contribution < 1.29 is 0 Å². The SMILES string of the molecule is C=CCn1c(SC)nc2sc3c(c2c1=O)CC[C@@H](C(C)(C)C)C3. The lowest BCUT2D eigenvalue weighted by Gasteiger charge is -2.33. The summed E-state index contributed by atoms with van der Waals surface area (Å²) in [6.07, 6.45) is 6.98. The number of allylic oxidation sites excluding steroid dienone is 1. The van der Waals surface area contributed by atoms with E-state index in [4.69, 9.17) is 4.98 Å². The van der Waals surface area contributed by atoms with E-state index in [1.54, 1.807) is 22.0 Å². The molecule has 3 nitrogen and oxygen atoms in total. The predicted molar refractivity (Wildman–Crippen MR) is 101 cm³/mol. The van der Waals surface area contributed by atoms with Gasteiger partial charge in [-0.05, 0) is 42.4 Å². The van der Waals surface area contributed by atoms with Crippen LogP contribution < -0.4 is 5.56 Å². The smallest absolute Gasteiger partial charge is 0.263 e. The Morgan fingerprint density at radius 1 is 1.48 bits per heavy atom. The van der Waals surface area contributed by atoms with Crippen LogP contribution in [0.4, 0.5) is 0 Å². The van der Waals surface area contributed by atoms with Gasteiger partial charge in [0.2, 0.25) is 0 Å². The minimum absolute atomic E-state index is 0.103. The highest BCUT2D eigenvalue weighted by molar-refractivity contribution is 7.98. The largest absolute Gasteiger partial charge is 0.283 e. The molecule has 23 heavy (non-hydrogen) atoms. The summed E-state index contributed by atoms with van der Waals surface area (Å²) in [7, 11) is 0. The summed E-state index contributed by atoms with van der Waals surface area (Å²) in [5.74, 6) is 0.679. The van der Waals surface area contributed by atoms with Crippen molar-refractivity contribution in [1.29, 1.82) is 0 Å². The van der Waals surface area contributed by atoms with Crippen LogP contribution in [-0.2, 0) is 19.4 Å². The van der Waals surface area contributed by atoms with Gasteiger partial charge in [0.1, 0.15) is 4.83 Å². The summed E-state index contributed by atoms with van der Waals surface area (Å²) in [5, 5.41) is 1.64. The Balaban J connectivity index is 2.17. The molecule has 0 saturated carbocycles. The Morgan fingerprint density at radius 3 is 2.83 bits per heavy atom. The number of aromatic nitrogens is 2. The van der Waals surface area contributed by atoms with Gasteiger partial charge in [-0.25, -0.2) is 4.98 Å². The van der Waals surface area contributed by atoms with Crippen molar-refractivity contribution in [3.8, 4) is 0 Å². The fourth-order valence-corrected chi connectivity index (χ4v) is 5.33. The highest BCUT2D eigenvalue weighted by atomic mass is 32.2. The molecule has 2 aromatic rings. The normalized spacial score (nSPS) is 18.2. The first-order valence-corrected chi connectivity index (χ1v) is 10.1. The van der Waals surface area contributed by atoms with Crippen molar-refractivity contribution in [2.75, 3.05) is 6.26 Å². The van der Waals surface area contributed by atoms with Gasteiger partial charge in [-0.3, -0.25) is 9.36 Å². The average Bonchev–Trinajstić information content (AvgIpc) is 2.86. The number of aryl methyl sites for hydroxylation is 1. The van der Waals surface area contributed by atoms with Crippen LogP contribution in [-0.4, -0.2) is 15.8 Å². The van der Waals surface area contributed by atoms with Gasteiger partial charge in [-0.2, -0.15) is 0 Å². The van der Waals surface area contributed by atoms with E-state index >= 15 is 0 Å². The number of thioether (sulfide) groups is 1. The molecule has 0 bridgehead atoms. The van der Waals surface area contributed by atoms with Gasteiger partial charge in [-0.15, -0.1) is 17.9 Å². The fourth-order valence-electron chi connectivity index (χ4n) is 3.43. The van der Waals surface area contributed by atoms with Gasteiger partial charge >= 0.3 is 0 Å². The molecule has 2 heterocycles. The molecule has 0 radical (unpaired) electrons. The molecule has 0 fully saturated rings. The first-order valence-electron chi connectivity index (χ1n) is 8.06. The van der Waals surface area contributed by atoms with E-state index in [1.807, 2.05) is 6.26 Å². The zero-order valence-electron chi connectivity index (χ0n) is 14.3. The fraction of sp³-hybridized carbons (Fsp3) is 0.556. The van der Waals surface area contributed by atoms with Crippen LogP contribution in [0, 0.1) is 11.3 Å². The summed E-state index contributed by atoms with van der Waals surface area (Å²) >= 11 is 3.25. The van der Waals surface area contributed by atoms with E-state index in [-0.39, 0.29) is 5.56 Å². The maximum Gasteiger partial charge on any atom is 0.263 e. The molecule has 0 aliphatic heterocycles. The summed E-state index contributed by atoms with van der Waals surface area (Å²) in [4.78, 5) is 20.0. The van der Waals surface area contributed by atoms with Crippen LogP contribution in [0.25, 0.3) is 10.2 Å². The van der Waals surface area contributed by atoms with Gasteiger partial charge in [0.15, 0.2) is 5.16 Å². The van der Waals surface area contributed by atoms with Crippen molar-refractivity contribution >= 4 is 33.3 Å². The molecule has 2 aromatic heterocycles. The van der Waals surface area contributed by atoms with E-state index in [1.165, 1.54) is 22.2 Å². The van der Waals surface area contributed by atoms with Gasteiger partial charge < -0.3 is 0 Å². The number of rotatable bonds is 3. The van der Waals surface area contributed by atoms with Crippen molar-refractivity contribution in [1.82, 2.24) is 9.55 Å². The highest BCUT2D eigenvalue weighted by Gasteiger charge is 2.32. The molecule has 0 N–H and O–H groups in total. The lowest BCUT2D eigenvalue weighted by molar-refractivity contribution is 0.218. The minimum Gasteiger partial charge on any atom is -0.283 e. The lowest BCUT2D eigenvalue weighted by Crippen LogP contribution is -2.27. The molecule has 1 aliphatic rings. The third-order valence-electron chi connectivity index (χ3n) is 4.85. The van der Waals surface area contributed by atoms with Gasteiger partial charge in [0.05, 0.1) is 5.39 Å². The molecule has 124 valence electrons. The molecule has 1 atom stereocenters. The second kappa shape index (κ2) is 6.10. The summed E-state index contributed by atoms with van der Waals surface area (Å²) in [6, 6.07) is 0. The molecular formula is C18H24N2OS2. The number of fused-ring (bicyclic) bond motifs is 3. The number of hydrogen-bond donors (Lipinski definition) is 0. The molecule has 0 saturated heterocycles. The van der Waals surface area contributed by atoms with E-state index in [2.05, 4.69) is 27.4 Å². The zero-order valence-corrected chi connectivity index (χ0v) is 15.9. The van der Waals surface area contributed by atoms with Gasteiger partial charge in [-0.1, -0.05) is 38.6 Å². The molecule has 3 rings (SSSR count). The lowest BCUT2D eigenvalue weighted by atomic mass is 9.72. The second-order valence-corrected chi connectivity index (χ2v) is 9.15. The molecule has 0 aromatic carbocycles. The summed E-state index contributed by atoms with van der Waals surface area (Å²) < 4.78 is 1.75. The van der Waals surface area contributed by atoms with Crippen LogP contribution in [0.1, 0.15) is 37.6 Å². The maximum absolute atomic E-state index is 13.0. The first kappa shape index (κ1) is 16.8. The Morgan fingerprint density at radius 2 is 2.22 bits per heavy atom. The molecule has 0 amide bonds. The van der Waals surface area contributed by atoms with E-state index in [0.29, 0.717) is 17.9 Å². The molecule has 1 aliphatic carbocycles. The number of hydrogen-bond acceptors (Lipinski definition) is 4. The van der Waals surface area contributed by atoms with Gasteiger partial charge in [0, 0.05) is 11.4 Å². The standard InChI is InChI=1S/C18H24N2OS2/c1-6-9-20-16(21)14-12-8-7-11(18(2,3)4)10-13(12)23-15(14)19-17(20)22-5/h6,11H,1,7-10H2,2-5H3/t11-/m1/s1. The van der Waals surface area contributed by atoms with E-state index in [0.717, 1.165) is 34.6 Å². The van der Waals surface area contributed by atoms with Crippen molar-refractivity contribution in [2.24, 2.45) is 11.3 Å². The van der Waals surface area contributed by atoms with Crippen LogP contribution in [0.15, 0.2) is 22.6 Å². The van der Waals surface area contributed by atoms with Crippen LogP contribution in [0.2, 0.25) is 0 Å². The number of thiophene rings is 1. The molecule has 5 heteroatoms. The predicted octanol–water partition coefficient (Wildman–Crippen LogP) is 4.52. The molecule has 0 unspecified atom stereocenters. The van der Waals surface area contributed by atoms with Crippen LogP contribution in [0.3, 0.4) is 0 Å². The van der Waals surface area contributed by atoms with Crippen molar-refractivity contribution in [2.45, 2.75) is 51.7 Å². The number of nitrogens with zero attached hydrogens (tertiary/aromatic N) is 2. The topological polar surface area (TPSA) is 34.9 Å². The third kappa shape index (κ3) is 2.89. The van der Waals surface area contributed by atoms with Crippen LogP contribution >= 0.6 is 23.1 Å². The molecule has 0 spiro atoms. The quantitative estimate of drug-likeness (QED) is 0.465. The van der Waals surface area contributed by atoms with Gasteiger partial charge in [0.25, 0.3) is 5.56 Å². The Labute approximate surface area is 145 Å².